The van der Waals surface area contributed by atoms with E-state index in [1.165, 1.54) is 0 Å². The maximum Gasteiger partial charge on any atom is 0.230 e. The van der Waals surface area contributed by atoms with Gasteiger partial charge in [-0.25, -0.2) is 4.98 Å². The summed E-state index contributed by atoms with van der Waals surface area (Å²) in [6.45, 7) is 4.01. The maximum absolute atomic E-state index is 12.2. The average Bonchev–Trinajstić information content (AvgIpc) is 3.04. The number of thioether (sulfide) groups is 1. The highest BCUT2D eigenvalue weighted by Crippen LogP contribution is 2.27. The van der Waals surface area contributed by atoms with Crippen LogP contribution in [0.15, 0.2) is 48.5 Å². The number of nitrogens with one attached hydrogen (secondary N) is 2. The lowest BCUT2D eigenvalue weighted by molar-refractivity contribution is -0.119. The average molecular weight is 374 g/mol. The molecule has 0 spiro atoms. The molecule has 130 valence electrons. The molecular weight excluding hydrogens is 354 g/mol. The van der Waals surface area contributed by atoms with Gasteiger partial charge in [-0.2, -0.15) is 0 Å². The number of hydrogen-bond acceptors (Lipinski definition) is 3. The van der Waals surface area contributed by atoms with Gasteiger partial charge >= 0.3 is 0 Å². The van der Waals surface area contributed by atoms with Crippen molar-refractivity contribution in [1.82, 2.24) is 15.3 Å². The van der Waals surface area contributed by atoms with Crippen molar-refractivity contribution in [3.8, 4) is 0 Å². The molecule has 0 bridgehead atoms. The van der Waals surface area contributed by atoms with Gasteiger partial charge in [-0.3, -0.25) is 4.79 Å². The summed E-state index contributed by atoms with van der Waals surface area (Å²) in [4.78, 5) is 20.1. The van der Waals surface area contributed by atoms with Crippen LogP contribution in [-0.4, -0.2) is 21.6 Å². The zero-order valence-corrected chi connectivity index (χ0v) is 15.7. The second-order valence-corrected chi connectivity index (χ2v) is 7.70. The van der Waals surface area contributed by atoms with Gasteiger partial charge in [-0.05, 0) is 43.7 Å². The second-order valence-electron chi connectivity index (χ2n) is 5.94. The predicted molar refractivity (Wildman–Crippen MR) is 105 cm³/mol. The smallest absolute Gasteiger partial charge is 0.230 e. The lowest BCUT2D eigenvalue weighted by Crippen LogP contribution is -2.28. The fourth-order valence-electron chi connectivity index (χ4n) is 2.59. The highest BCUT2D eigenvalue weighted by molar-refractivity contribution is 8.00. The first-order valence-corrected chi connectivity index (χ1v) is 9.56. The van der Waals surface area contributed by atoms with E-state index >= 15 is 0 Å². The van der Waals surface area contributed by atoms with Gasteiger partial charge in [0.25, 0.3) is 0 Å². The van der Waals surface area contributed by atoms with Crippen LogP contribution in [0.1, 0.15) is 36.5 Å². The number of aromatic nitrogens is 2. The molecule has 2 aromatic carbocycles. The SMILES string of the molecule is C[C@H](NC(=O)CS[C@H](C)c1nc2ccccc2[nH]1)c1cccc(Cl)c1. The number of imidazole rings is 1. The lowest BCUT2D eigenvalue weighted by atomic mass is 10.1. The van der Waals surface area contributed by atoms with Gasteiger partial charge in [-0.15, -0.1) is 11.8 Å². The number of nitrogens with zero attached hydrogens (tertiary/aromatic N) is 1. The number of amides is 1. The Morgan fingerprint density at radius 2 is 2.04 bits per heavy atom. The van der Waals surface area contributed by atoms with Crippen molar-refractivity contribution in [2.45, 2.75) is 25.1 Å². The van der Waals surface area contributed by atoms with E-state index in [2.05, 4.69) is 22.2 Å². The van der Waals surface area contributed by atoms with Crippen LogP contribution in [0.5, 0.6) is 0 Å². The Labute approximate surface area is 156 Å². The predicted octanol–water partition coefficient (Wildman–Crippen LogP) is 4.89. The third-order valence-electron chi connectivity index (χ3n) is 3.98. The van der Waals surface area contributed by atoms with Gasteiger partial charge in [0, 0.05) is 5.02 Å². The summed E-state index contributed by atoms with van der Waals surface area (Å²) in [6, 6.07) is 15.4. The standard InChI is InChI=1S/C19H20ClN3OS/c1-12(14-6-5-7-15(20)10-14)21-18(24)11-25-13(2)19-22-16-8-3-4-9-17(16)23-19/h3-10,12-13H,11H2,1-2H3,(H,21,24)(H,22,23)/t12-,13+/m0/s1. The summed E-state index contributed by atoms with van der Waals surface area (Å²) in [5.41, 5.74) is 2.96. The minimum Gasteiger partial charge on any atom is -0.349 e. The van der Waals surface area contributed by atoms with Gasteiger partial charge in [-0.1, -0.05) is 35.9 Å². The molecule has 3 rings (SSSR count). The first kappa shape index (κ1) is 17.8. The molecule has 6 heteroatoms. The molecule has 0 aliphatic carbocycles. The number of halogens is 1. The van der Waals surface area contributed by atoms with Gasteiger partial charge in [0.1, 0.15) is 5.82 Å². The number of hydrogen-bond donors (Lipinski definition) is 2. The third-order valence-corrected chi connectivity index (χ3v) is 5.37. The molecular formula is C19H20ClN3OS. The topological polar surface area (TPSA) is 57.8 Å². The highest BCUT2D eigenvalue weighted by atomic mass is 35.5. The first-order valence-electron chi connectivity index (χ1n) is 8.14. The molecule has 0 aliphatic rings. The molecule has 0 aliphatic heterocycles. The molecule has 1 heterocycles. The molecule has 0 fully saturated rings. The maximum atomic E-state index is 12.2. The molecule has 0 saturated heterocycles. The van der Waals surface area contributed by atoms with E-state index < -0.39 is 0 Å². The summed E-state index contributed by atoms with van der Waals surface area (Å²) in [6.07, 6.45) is 0. The Kier molecular flexibility index (Phi) is 5.66. The van der Waals surface area contributed by atoms with E-state index in [0.717, 1.165) is 22.4 Å². The van der Waals surface area contributed by atoms with Crippen molar-refractivity contribution in [1.29, 1.82) is 0 Å². The summed E-state index contributed by atoms with van der Waals surface area (Å²) >= 11 is 7.56. The highest BCUT2D eigenvalue weighted by Gasteiger charge is 2.15. The molecule has 0 unspecified atom stereocenters. The molecule has 0 radical (unpaired) electrons. The van der Waals surface area contributed by atoms with Crippen LogP contribution in [0.3, 0.4) is 0 Å². The molecule has 1 aromatic heterocycles. The molecule has 2 N–H and O–H groups in total. The van der Waals surface area contributed by atoms with Crippen LogP contribution in [0.2, 0.25) is 5.02 Å². The molecule has 1 amide bonds. The molecule has 2 atom stereocenters. The van der Waals surface area contributed by atoms with Crippen LogP contribution in [0, 0.1) is 0 Å². The number of para-hydroxylation sites is 2. The van der Waals surface area contributed by atoms with Crippen molar-refractivity contribution >= 4 is 40.3 Å². The van der Waals surface area contributed by atoms with E-state index in [0.29, 0.717) is 10.8 Å². The zero-order valence-electron chi connectivity index (χ0n) is 14.1. The fraction of sp³-hybridized carbons (Fsp3) is 0.263. The minimum atomic E-state index is -0.0756. The minimum absolute atomic E-state index is 0.000404. The number of fused-ring (bicyclic) bond motifs is 1. The Morgan fingerprint density at radius 3 is 2.80 bits per heavy atom. The number of benzene rings is 2. The molecule has 4 nitrogen and oxygen atoms in total. The summed E-state index contributed by atoms with van der Waals surface area (Å²) < 4.78 is 0. The first-order chi connectivity index (χ1) is 12.0. The quantitative estimate of drug-likeness (QED) is 0.646. The number of H-pyrrole nitrogens is 1. The summed E-state index contributed by atoms with van der Waals surface area (Å²) in [5, 5.41) is 3.79. The monoisotopic (exact) mass is 373 g/mol. The lowest BCUT2D eigenvalue weighted by Gasteiger charge is -2.15. The van der Waals surface area contributed by atoms with Crippen LogP contribution in [0.25, 0.3) is 11.0 Å². The van der Waals surface area contributed by atoms with Crippen molar-refractivity contribution in [3.63, 3.8) is 0 Å². The Morgan fingerprint density at radius 1 is 1.24 bits per heavy atom. The second kappa shape index (κ2) is 7.93. The van der Waals surface area contributed by atoms with Crippen LogP contribution >= 0.6 is 23.4 Å². The van der Waals surface area contributed by atoms with Crippen LogP contribution in [0.4, 0.5) is 0 Å². The van der Waals surface area contributed by atoms with E-state index in [-0.39, 0.29) is 17.2 Å². The normalized spacial score (nSPS) is 13.6. The number of carbonyl (C=O) groups excluding carboxylic acids is 1. The summed E-state index contributed by atoms with van der Waals surface area (Å²) in [7, 11) is 0. The zero-order chi connectivity index (χ0) is 17.8. The van der Waals surface area contributed by atoms with E-state index in [1.807, 2.05) is 55.5 Å². The number of aromatic amines is 1. The van der Waals surface area contributed by atoms with Gasteiger partial charge in [0.05, 0.1) is 28.1 Å². The fourth-order valence-corrected chi connectivity index (χ4v) is 3.54. The molecule has 3 aromatic rings. The van der Waals surface area contributed by atoms with E-state index in [4.69, 9.17) is 11.6 Å². The largest absolute Gasteiger partial charge is 0.349 e. The van der Waals surface area contributed by atoms with Gasteiger partial charge in [0.15, 0.2) is 0 Å². The van der Waals surface area contributed by atoms with Gasteiger partial charge < -0.3 is 10.3 Å². The summed E-state index contributed by atoms with van der Waals surface area (Å²) in [5.74, 6) is 1.27. The number of rotatable bonds is 6. The van der Waals surface area contributed by atoms with Crippen molar-refractivity contribution in [2.75, 3.05) is 5.75 Å². The van der Waals surface area contributed by atoms with E-state index in [1.54, 1.807) is 11.8 Å². The van der Waals surface area contributed by atoms with E-state index in [9.17, 15) is 4.79 Å². The van der Waals surface area contributed by atoms with Crippen LogP contribution in [-0.2, 0) is 4.79 Å². The number of carbonyl (C=O) groups is 1. The Hall–Kier alpha value is -1.98. The van der Waals surface area contributed by atoms with Gasteiger partial charge in [0.2, 0.25) is 5.91 Å². The third kappa shape index (κ3) is 4.55. The van der Waals surface area contributed by atoms with Crippen molar-refractivity contribution in [3.05, 3.63) is 64.9 Å². The van der Waals surface area contributed by atoms with Crippen LogP contribution < -0.4 is 5.32 Å². The molecule has 0 saturated carbocycles. The van der Waals surface area contributed by atoms with Crippen molar-refractivity contribution in [2.24, 2.45) is 0 Å². The van der Waals surface area contributed by atoms with Crippen molar-refractivity contribution < 1.29 is 4.79 Å². The molecule has 25 heavy (non-hydrogen) atoms. The Balaban J connectivity index is 1.54. The Bertz CT molecular complexity index is 847.